The van der Waals surface area contributed by atoms with Crippen LogP contribution in [-0.4, -0.2) is 18.7 Å². The van der Waals surface area contributed by atoms with Gasteiger partial charge in [-0.15, -0.1) is 0 Å². The molecule has 62 valence electrons. The molecule has 2 aliphatic rings. The molecule has 0 bridgehead atoms. The van der Waals surface area contributed by atoms with Crippen LogP contribution in [0.3, 0.4) is 0 Å². The van der Waals surface area contributed by atoms with E-state index in [1.54, 1.807) is 6.21 Å². The Hall–Kier alpha value is -0.770. The van der Waals surface area contributed by atoms with E-state index >= 15 is 0 Å². The molecule has 0 aromatic carbocycles. The van der Waals surface area contributed by atoms with Crippen molar-refractivity contribution in [3.63, 3.8) is 0 Å². The maximum absolute atomic E-state index is 13.3. The summed E-state index contributed by atoms with van der Waals surface area (Å²) in [5, 5.41) is 0. The fourth-order valence-electron chi connectivity index (χ4n) is 1.22. The Balaban J connectivity index is 2.38. The van der Waals surface area contributed by atoms with Gasteiger partial charge in [0.1, 0.15) is 12.5 Å². The van der Waals surface area contributed by atoms with Gasteiger partial charge in [-0.25, -0.2) is 14.4 Å². The van der Waals surface area contributed by atoms with E-state index in [1.807, 2.05) is 6.08 Å². The van der Waals surface area contributed by atoms with Crippen LogP contribution in [0.5, 0.6) is 0 Å². The first-order valence-corrected chi connectivity index (χ1v) is 4.35. The number of aliphatic imine (C=N–C) groups is 2. The molecule has 1 aliphatic carbocycles. The second-order valence-electron chi connectivity index (χ2n) is 2.63. The fourth-order valence-corrected chi connectivity index (χ4v) is 1.70. The van der Waals surface area contributed by atoms with Crippen molar-refractivity contribution in [2.75, 3.05) is 0 Å². The van der Waals surface area contributed by atoms with Gasteiger partial charge in [0.25, 0.3) is 0 Å². The molecule has 1 heterocycles. The molecule has 0 aromatic rings. The predicted octanol–water partition coefficient (Wildman–Crippen LogP) is 2.23. The molecule has 2 rings (SSSR count). The molecule has 1 unspecified atom stereocenters. The van der Waals surface area contributed by atoms with Crippen molar-refractivity contribution in [2.24, 2.45) is 15.9 Å². The topological polar surface area (TPSA) is 24.7 Å². The molecule has 0 saturated carbocycles. The molecule has 0 fully saturated rings. The number of nitrogens with zero attached hydrogens (tertiary/aromatic N) is 2. The van der Waals surface area contributed by atoms with Gasteiger partial charge in [-0.05, 0) is 12.2 Å². The third-order valence-electron chi connectivity index (χ3n) is 1.81. The average Bonchev–Trinajstić information content (AvgIpc) is 2.04. The van der Waals surface area contributed by atoms with E-state index in [0.29, 0.717) is 0 Å². The van der Waals surface area contributed by atoms with Gasteiger partial charge >= 0.3 is 0 Å². The molecule has 0 saturated heterocycles. The van der Waals surface area contributed by atoms with Crippen molar-refractivity contribution >= 4 is 28.5 Å². The van der Waals surface area contributed by atoms with Gasteiger partial charge in [0, 0.05) is 10.7 Å². The van der Waals surface area contributed by atoms with Crippen molar-refractivity contribution in [1.29, 1.82) is 0 Å². The van der Waals surface area contributed by atoms with Gasteiger partial charge in [0.15, 0.2) is 0 Å². The van der Waals surface area contributed by atoms with E-state index in [0.717, 1.165) is 10.2 Å². The third kappa shape index (κ3) is 1.27. The van der Waals surface area contributed by atoms with Gasteiger partial charge in [-0.1, -0.05) is 15.9 Å². The van der Waals surface area contributed by atoms with Crippen LogP contribution in [0.4, 0.5) is 4.39 Å². The highest BCUT2D eigenvalue weighted by molar-refractivity contribution is 9.11. The normalized spacial score (nSPS) is 32.5. The largest absolute Gasteiger partial charge is 0.248 e. The maximum atomic E-state index is 13.3. The van der Waals surface area contributed by atoms with Gasteiger partial charge in [-0.2, -0.15) is 0 Å². The minimum Gasteiger partial charge on any atom is -0.248 e. The Labute approximate surface area is 77.7 Å². The van der Waals surface area contributed by atoms with E-state index in [1.165, 1.54) is 12.4 Å². The molecule has 0 spiro atoms. The van der Waals surface area contributed by atoms with Crippen LogP contribution in [0, 0.1) is 5.92 Å². The summed E-state index contributed by atoms with van der Waals surface area (Å²) in [6, 6.07) is 0. The molecular weight excluding hydrogens is 223 g/mol. The number of allylic oxidation sites excluding steroid dienone is 4. The summed E-state index contributed by atoms with van der Waals surface area (Å²) in [4.78, 5) is 7.77. The summed E-state index contributed by atoms with van der Waals surface area (Å²) in [6.07, 6.45) is 5.32. The highest BCUT2D eigenvalue weighted by Gasteiger charge is 2.26. The van der Waals surface area contributed by atoms with Crippen LogP contribution in [0.25, 0.3) is 0 Å². The average molecular weight is 229 g/mol. The van der Waals surface area contributed by atoms with Crippen molar-refractivity contribution in [1.82, 2.24) is 0 Å². The first kappa shape index (κ1) is 7.86. The summed E-state index contributed by atoms with van der Waals surface area (Å²) in [6.45, 7) is 0. The summed E-state index contributed by atoms with van der Waals surface area (Å²) in [7, 11) is 0. The van der Waals surface area contributed by atoms with E-state index in [4.69, 9.17) is 0 Å². The zero-order valence-corrected chi connectivity index (χ0v) is 7.70. The van der Waals surface area contributed by atoms with E-state index in [2.05, 4.69) is 25.9 Å². The Morgan fingerprint density at radius 3 is 3.17 bits per heavy atom. The van der Waals surface area contributed by atoms with Gasteiger partial charge in [0.2, 0.25) is 0 Å². The van der Waals surface area contributed by atoms with Crippen molar-refractivity contribution in [3.8, 4) is 0 Å². The maximum Gasteiger partial charge on any atom is 0.133 e. The van der Waals surface area contributed by atoms with Crippen molar-refractivity contribution in [2.45, 2.75) is 6.17 Å². The van der Waals surface area contributed by atoms with E-state index in [-0.39, 0.29) is 5.92 Å². The van der Waals surface area contributed by atoms with Crippen LogP contribution in [0.2, 0.25) is 0 Å². The van der Waals surface area contributed by atoms with Crippen molar-refractivity contribution in [3.05, 3.63) is 22.3 Å². The highest BCUT2D eigenvalue weighted by atomic mass is 79.9. The number of hydrogen-bond donors (Lipinski definition) is 0. The first-order chi connectivity index (χ1) is 5.77. The Morgan fingerprint density at radius 2 is 2.33 bits per heavy atom. The lowest BCUT2D eigenvalue weighted by molar-refractivity contribution is 0.358. The molecule has 12 heavy (non-hydrogen) atoms. The van der Waals surface area contributed by atoms with E-state index in [9.17, 15) is 4.39 Å². The third-order valence-corrected chi connectivity index (χ3v) is 2.30. The standard InChI is InChI=1S/C8H6BrFN2/c9-5-1-7(10)6-3-11-4-12-8(6)2-5/h1-4,6-7H/t6-,7?/m1/s1. The quantitative estimate of drug-likeness (QED) is 0.608. The number of alkyl halides is 1. The second-order valence-corrected chi connectivity index (χ2v) is 3.55. The molecule has 1 aliphatic heterocycles. The summed E-state index contributed by atoms with van der Waals surface area (Å²) >= 11 is 3.22. The molecule has 4 heteroatoms. The molecular formula is C8H6BrFN2. The predicted molar refractivity (Wildman–Crippen MR) is 50.5 cm³/mol. The summed E-state index contributed by atoms with van der Waals surface area (Å²) < 4.78 is 14.0. The molecule has 2 atom stereocenters. The van der Waals surface area contributed by atoms with Gasteiger partial charge < -0.3 is 0 Å². The van der Waals surface area contributed by atoms with Crippen LogP contribution in [0.15, 0.2) is 32.3 Å². The number of fused-ring (bicyclic) bond motifs is 1. The number of halogens is 2. The van der Waals surface area contributed by atoms with Crippen LogP contribution in [-0.2, 0) is 0 Å². The minimum atomic E-state index is -1.01. The number of hydrogen-bond acceptors (Lipinski definition) is 2. The first-order valence-electron chi connectivity index (χ1n) is 3.56. The van der Waals surface area contributed by atoms with Crippen LogP contribution >= 0.6 is 15.9 Å². The highest BCUT2D eigenvalue weighted by Crippen LogP contribution is 2.29. The summed E-state index contributed by atoms with van der Waals surface area (Å²) in [5.41, 5.74) is 0.729. The zero-order chi connectivity index (χ0) is 8.55. The lowest BCUT2D eigenvalue weighted by atomic mass is 9.96. The molecule has 0 aromatic heterocycles. The van der Waals surface area contributed by atoms with Gasteiger partial charge in [0.05, 0.1) is 11.6 Å². The minimum absolute atomic E-state index is 0.295. The Morgan fingerprint density at radius 1 is 1.50 bits per heavy atom. The Kier molecular flexibility index (Phi) is 1.92. The lowest BCUT2D eigenvalue weighted by Gasteiger charge is -2.20. The van der Waals surface area contributed by atoms with Crippen LogP contribution < -0.4 is 0 Å². The Bertz CT molecular complexity index is 317. The second kappa shape index (κ2) is 2.94. The lowest BCUT2D eigenvalue weighted by Crippen LogP contribution is -2.22. The van der Waals surface area contributed by atoms with Crippen LogP contribution in [0.1, 0.15) is 0 Å². The van der Waals surface area contributed by atoms with E-state index < -0.39 is 6.17 Å². The monoisotopic (exact) mass is 228 g/mol. The molecule has 0 amide bonds. The molecule has 2 nitrogen and oxygen atoms in total. The zero-order valence-electron chi connectivity index (χ0n) is 6.11. The molecule has 0 radical (unpaired) electrons. The van der Waals surface area contributed by atoms with Gasteiger partial charge in [-0.3, -0.25) is 0 Å². The SMILES string of the molecule is FC1C=C(Br)C=C2N=CN=C[C@@H]21. The fraction of sp³-hybridized carbons (Fsp3) is 0.250. The summed E-state index contributed by atoms with van der Waals surface area (Å²) in [5.74, 6) is -0.295. The molecule has 0 N–H and O–H groups in total. The number of rotatable bonds is 0. The van der Waals surface area contributed by atoms with Crippen molar-refractivity contribution < 1.29 is 4.39 Å². The smallest absolute Gasteiger partial charge is 0.133 e.